The number of halogens is 2. The molecular weight excluding hydrogens is 300 g/mol. The predicted molar refractivity (Wildman–Crippen MR) is 86.0 cm³/mol. The van der Waals surface area contributed by atoms with Gasteiger partial charge in [0.15, 0.2) is 11.6 Å². The summed E-state index contributed by atoms with van der Waals surface area (Å²) in [5.74, 6) is -0.551. The van der Waals surface area contributed by atoms with Crippen LogP contribution >= 0.6 is 0 Å². The van der Waals surface area contributed by atoms with Crippen LogP contribution < -0.4 is 15.0 Å². The molecule has 4 nitrogen and oxygen atoms in total. The number of para-hydroxylation sites is 2. The van der Waals surface area contributed by atoms with Gasteiger partial charge in [0.05, 0.1) is 24.6 Å². The van der Waals surface area contributed by atoms with Crippen LogP contribution in [-0.4, -0.2) is 30.2 Å². The number of pyridine rings is 1. The van der Waals surface area contributed by atoms with Gasteiger partial charge in [-0.3, -0.25) is 4.98 Å². The second kappa shape index (κ2) is 6.02. The van der Waals surface area contributed by atoms with Gasteiger partial charge in [0.2, 0.25) is 0 Å². The highest BCUT2D eigenvalue weighted by atomic mass is 19.1. The van der Waals surface area contributed by atoms with Gasteiger partial charge in [-0.05, 0) is 26.0 Å². The smallest absolute Gasteiger partial charge is 0.167 e. The summed E-state index contributed by atoms with van der Waals surface area (Å²) in [5, 5.41) is 2.81. The third-order valence-electron chi connectivity index (χ3n) is 3.70. The maximum absolute atomic E-state index is 13.6. The molecule has 122 valence electrons. The zero-order valence-electron chi connectivity index (χ0n) is 13.1. The van der Waals surface area contributed by atoms with Crippen LogP contribution in [0.1, 0.15) is 13.8 Å². The Morgan fingerprint density at radius 2 is 1.91 bits per heavy atom. The number of nitrogens with zero attached hydrogens (tertiary/aromatic N) is 2. The molecule has 1 N–H and O–H groups in total. The van der Waals surface area contributed by atoms with E-state index in [2.05, 4.69) is 15.2 Å². The van der Waals surface area contributed by atoms with Gasteiger partial charge < -0.3 is 15.0 Å². The van der Waals surface area contributed by atoms with E-state index >= 15 is 0 Å². The Hall–Kier alpha value is -2.37. The van der Waals surface area contributed by atoms with Crippen LogP contribution in [0.25, 0.3) is 0 Å². The number of hydrogen-bond donors (Lipinski definition) is 1. The first-order valence-corrected chi connectivity index (χ1v) is 7.52. The Kier molecular flexibility index (Phi) is 4.07. The van der Waals surface area contributed by atoms with Crippen molar-refractivity contribution < 1.29 is 13.5 Å². The van der Waals surface area contributed by atoms with Crippen LogP contribution in [0, 0.1) is 11.6 Å². The second-order valence-corrected chi connectivity index (χ2v) is 6.16. The molecule has 23 heavy (non-hydrogen) atoms. The molecule has 0 fully saturated rings. The molecule has 1 aromatic carbocycles. The highest BCUT2D eigenvalue weighted by Crippen LogP contribution is 2.36. The van der Waals surface area contributed by atoms with E-state index in [4.69, 9.17) is 4.74 Å². The summed E-state index contributed by atoms with van der Waals surface area (Å²) in [6.07, 6.45) is 2.00. The summed E-state index contributed by atoms with van der Waals surface area (Å²) in [4.78, 5) is 5.63. The molecule has 0 saturated heterocycles. The first-order chi connectivity index (χ1) is 11.0. The Morgan fingerprint density at radius 1 is 1.22 bits per heavy atom. The van der Waals surface area contributed by atoms with Crippen molar-refractivity contribution in [2.45, 2.75) is 19.4 Å². The van der Waals surface area contributed by atoms with Gasteiger partial charge in [0.25, 0.3) is 0 Å². The highest BCUT2D eigenvalue weighted by Gasteiger charge is 2.31. The van der Waals surface area contributed by atoms with E-state index in [9.17, 15) is 8.78 Å². The summed E-state index contributed by atoms with van der Waals surface area (Å²) in [6.45, 7) is 5.75. The van der Waals surface area contributed by atoms with Crippen molar-refractivity contribution in [1.82, 2.24) is 4.98 Å². The molecule has 0 amide bonds. The zero-order valence-corrected chi connectivity index (χ0v) is 13.1. The lowest BCUT2D eigenvalue weighted by Crippen LogP contribution is -2.48. The first kappa shape index (κ1) is 15.5. The van der Waals surface area contributed by atoms with Crippen LogP contribution in [0.2, 0.25) is 0 Å². The first-order valence-electron chi connectivity index (χ1n) is 7.52. The molecule has 0 aliphatic carbocycles. The third kappa shape index (κ3) is 3.36. The van der Waals surface area contributed by atoms with Crippen molar-refractivity contribution in [3.63, 3.8) is 0 Å². The summed E-state index contributed by atoms with van der Waals surface area (Å²) in [5.41, 5.74) is 0.534. The minimum Gasteiger partial charge on any atom is -0.484 e. The maximum atomic E-state index is 13.6. The number of hydrogen-bond acceptors (Lipinski definition) is 4. The van der Waals surface area contributed by atoms with E-state index < -0.39 is 11.6 Å². The lowest BCUT2D eigenvalue weighted by Gasteiger charge is -2.41. The summed E-state index contributed by atoms with van der Waals surface area (Å²) in [6, 6.07) is 7.79. The van der Waals surface area contributed by atoms with Gasteiger partial charge in [0.1, 0.15) is 17.0 Å². The summed E-state index contributed by atoms with van der Waals surface area (Å²) < 4.78 is 33.1. The molecule has 2 heterocycles. The standard InChI is InChI=1S/C17H19F2N3O/c1-17(2)11-22(14-5-3-4-6-15(14)23-17)8-7-21-16-12(18)9-20-10-13(16)19/h3-6,9-10H,7-8,11H2,1-2H3,(H,20,21). The van der Waals surface area contributed by atoms with Gasteiger partial charge in [-0.1, -0.05) is 12.1 Å². The van der Waals surface area contributed by atoms with Crippen molar-refractivity contribution in [2.24, 2.45) is 0 Å². The van der Waals surface area contributed by atoms with E-state index in [1.54, 1.807) is 0 Å². The molecule has 1 aliphatic rings. The molecule has 0 saturated carbocycles. The monoisotopic (exact) mass is 319 g/mol. The number of rotatable bonds is 4. The fraction of sp³-hybridized carbons (Fsp3) is 0.353. The average Bonchev–Trinajstić information content (AvgIpc) is 2.49. The van der Waals surface area contributed by atoms with Gasteiger partial charge in [-0.2, -0.15) is 0 Å². The highest BCUT2D eigenvalue weighted by molar-refractivity contribution is 5.60. The number of aromatic nitrogens is 1. The third-order valence-corrected chi connectivity index (χ3v) is 3.70. The van der Waals surface area contributed by atoms with Gasteiger partial charge in [0, 0.05) is 13.1 Å². The fourth-order valence-corrected chi connectivity index (χ4v) is 2.78. The minimum absolute atomic E-state index is 0.138. The molecular formula is C17H19F2N3O. The molecule has 6 heteroatoms. The van der Waals surface area contributed by atoms with E-state index in [1.807, 2.05) is 38.1 Å². The van der Waals surface area contributed by atoms with E-state index in [1.165, 1.54) is 0 Å². The largest absolute Gasteiger partial charge is 0.484 e. The Balaban J connectivity index is 1.71. The molecule has 0 radical (unpaired) electrons. The predicted octanol–water partition coefficient (Wildman–Crippen LogP) is 3.45. The average molecular weight is 319 g/mol. The van der Waals surface area contributed by atoms with Crippen LogP contribution in [0.4, 0.5) is 20.2 Å². The Morgan fingerprint density at radius 3 is 2.65 bits per heavy atom. The number of anilines is 2. The molecule has 1 aliphatic heterocycles. The van der Waals surface area contributed by atoms with Crippen molar-refractivity contribution in [3.05, 3.63) is 48.3 Å². The van der Waals surface area contributed by atoms with Crippen LogP contribution in [0.5, 0.6) is 5.75 Å². The van der Waals surface area contributed by atoms with Crippen molar-refractivity contribution >= 4 is 11.4 Å². The second-order valence-electron chi connectivity index (χ2n) is 6.16. The molecule has 2 aromatic rings. The molecule has 0 bridgehead atoms. The van der Waals surface area contributed by atoms with Gasteiger partial charge in [-0.15, -0.1) is 0 Å². The SMILES string of the molecule is CC1(C)CN(CCNc2c(F)cncc2F)c2ccccc2O1. The normalized spacial score (nSPS) is 15.7. The molecule has 0 unspecified atom stereocenters. The van der Waals surface area contributed by atoms with Crippen LogP contribution in [0.3, 0.4) is 0 Å². The lowest BCUT2D eigenvalue weighted by atomic mass is 10.1. The van der Waals surface area contributed by atoms with Gasteiger partial charge >= 0.3 is 0 Å². The van der Waals surface area contributed by atoms with Crippen molar-refractivity contribution in [3.8, 4) is 5.75 Å². The summed E-state index contributed by atoms with van der Waals surface area (Å²) >= 11 is 0. The number of ether oxygens (including phenoxy) is 1. The molecule has 1 aromatic heterocycles. The van der Waals surface area contributed by atoms with E-state index in [-0.39, 0.29) is 11.3 Å². The Bertz CT molecular complexity index is 686. The van der Waals surface area contributed by atoms with E-state index in [0.717, 1.165) is 23.8 Å². The van der Waals surface area contributed by atoms with Crippen LogP contribution in [0.15, 0.2) is 36.7 Å². The van der Waals surface area contributed by atoms with Crippen molar-refractivity contribution in [2.75, 3.05) is 29.9 Å². The van der Waals surface area contributed by atoms with Crippen molar-refractivity contribution in [1.29, 1.82) is 0 Å². The fourth-order valence-electron chi connectivity index (χ4n) is 2.78. The topological polar surface area (TPSA) is 37.4 Å². The maximum Gasteiger partial charge on any atom is 0.167 e. The molecule has 0 spiro atoms. The zero-order chi connectivity index (χ0) is 16.4. The van der Waals surface area contributed by atoms with Gasteiger partial charge in [-0.25, -0.2) is 8.78 Å². The minimum atomic E-state index is -0.687. The number of nitrogens with one attached hydrogen (secondary N) is 1. The number of benzene rings is 1. The Labute approximate surface area is 134 Å². The molecule has 0 atom stereocenters. The van der Waals surface area contributed by atoms with Crippen LogP contribution in [-0.2, 0) is 0 Å². The number of fused-ring (bicyclic) bond motifs is 1. The quantitative estimate of drug-likeness (QED) is 0.936. The van der Waals surface area contributed by atoms with E-state index in [0.29, 0.717) is 19.6 Å². The lowest BCUT2D eigenvalue weighted by molar-refractivity contribution is 0.105. The molecule has 3 rings (SSSR count). The summed E-state index contributed by atoms with van der Waals surface area (Å²) in [7, 11) is 0.